The smallest absolute Gasteiger partial charge is 0.142 e. The highest BCUT2D eigenvalue weighted by Crippen LogP contribution is 2.23. The fraction of sp³-hybridized carbons (Fsp3) is 0.500. The van der Waals surface area contributed by atoms with Crippen LogP contribution in [0.2, 0.25) is 0 Å². The maximum absolute atomic E-state index is 9.46. The molecule has 0 bridgehead atoms. The third-order valence-corrected chi connectivity index (χ3v) is 4.00. The van der Waals surface area contributed by atoms with Crippen molar-refractivity contribution < 1.29 is 5.11 Å². The number of rotatable bonds is 6. The minimum absolute atomic E-state index is 0.102. The lowest BCUT2D eigenvalue weighted by Gasteiger charge is -2.25. The Labute approximate surface area is 130 Å². The second-order valence-corrected chi connectivity index (χ2v) is 7.24. The highest BCUT2D eigenvalue weighted by atomic mass is 32.1. The molecule has 0 aliphatic heterocycles. The van der Waals surface area contributed by atoms with E-state index in [2.05, 4.69) is 36.1 Å². The quantitative estimate of drug-likeness (QED) is 0.861. The molecule has 21 heavy (non-hydrogen) atoms. The molecule has 4 nitrogen and oxygen atoms in total. The third-order valence-electron chi connectivity index (χ3n) is 3.09. The van der Waals surface area contributed by atoms with Gasteiger partial charge in [0.2, 0.25) is 0 Å². The van der Waals surface area contributed by atoms with E-state index in [1.165, 1.54) is 0 Å². The van der Waals surface area contributed by atoms with Gasteiger partial charge in [0, 0.05) is 24.2 Å². The van der Waals surface area contributed by atoms with Crippen LogP contribution >= 0.6 is 11.3 Å². The van der Waals surface area contributed by atoms with Crippen molar-refractivity contribution in [3.8, 4) is 10.7 Å². The molecule has 114 valence electrons. The Morgan fingerprint density at radius 3 is 2.76 bits per heavy atom. The van der Waals surface area contributed by atoms with Crippen molar-refractivity contribution in [2.45, 2.75) is 39.8 Å². The van der Waals surface area contributed by atoms with E-state index in [4.69, 9.17) is 0 Å². The Kier molecular flexibility index (Phi) is 5.45. The molecule has 0 amide bonds. The van der Waals surface area contributed by atoms with Gasteiger partial charge in [0.05, 0.1) is 18.0 Å². The van der Waals surface area contributed by atoms with E-state index >= 15 is 0 Å². The van der Waals surface area contributed by atoms with Crippen LogP contribution in [0.3, 0.4) is 0 Å². The van der Waals surface area contributed by atoms with Crippen molar-refractivity contribution >= 4 is 11.3 Å². The Bertz CT molecular complexity index is 548. The molecule has 0 saturated heterocycles. The van der Waals surface area contributed by atoms with E-state index in [-0.39, 0.29) is 18.1 Å². The van der Waals surface area contributed by atoms with Crippen molar-refractivity contribution in [1.82, 2.24) is 15.3 Å². The van der Waals surface area contributed by atoms with Crippen molar-refractivity contribution in [3.63, 3.8) is 0 Å². The normalized spacial score (nSPS) is 13.3. The van der Waals surface area contributed by atoms with Gasteiger partial charge in [-0.2, -0.15) is 0 Å². The first-order chi connectivity index (χ1) is 9.98. The molecule has 5 heteroatoms. The highest BCUT2D eigenvalue weighted by molar-refractivity contribution is 7.13. The van der Waals surface area contributed by atoms with Gasteiger partial charge in [-0.15, -0.1) is 11.3 Å². The molecule has 2 rings (SSSR count). The summed E-state index contributed by atoms with van der Waals surface area (Å²) in [7, 11) is 0. The molecule has 0 aliphatic rings. The van der Waals surface area contributed by atoms with Crippen molar-refractivity contribution in [1.29, 1.82) is 0 Å². The number of pyridine rings is 1. The number of aliphatic hydroxyl groups is 1. The summed E-state index contributed by atoms with van der Waals surface area (Å²) < 4.78 is 0. The van der Waals surface area contributed by atoms with Gasteiger partial charge in [0.1, 0.15) is 5.01 Å². The van der Waals surface area contributed by atoms with E-state index in [1.54, 1.807) is 17.5 Å². The molecule has 2 aromatic rings. The van der Waals surface area contributed by atoms with E-state index in [0.29, 0.717) is 6.54 Å². The molecule has 0 saturated carbocycles. The van der Waals surface area contributed by atoms with Gasteiger partial charge in [-0.25, -0.2) is 4.98 Å². The Balaban J connectivity index is 1.94. The van der Waals surface area contributed by atoms with Gasteiger partial charge in [-0.3, -0.25) is 4.98 Å². The number of hydrogen-bond donors (Lipinski definition) is 2. The first-order valence-corrected chi connectivity index (χ1v) is 8.06. The molecule has 0 aromatic carbocycles. The minimum Gasteiger partial charge on any atom is -0.395 e. The molecular formula is C16H23N3OS. The van der Waals surface area contributed by atoms with Crippen LogP contribution in [0.15, 0.2) is 29.8 Å². The number of aromatic nitrogens is 2. The van der Waals surface area contributed by atoms with Crippen LogP contribution in [-0.4, -0.2) is 27.7 Å². The van der Waals surface area contributed by atoms with Crippen LogP contribution in [0.1, 0.15) is 32.9 Å². The van der Waals surface area contributed by atoms with Gasteiger partial charge < -0.3 is 10.4 Å². The van der Waals surface area contributed by atoms with E-state index < -0.39 is 0 Å². The number of nitrogens with one attached hydrogen (secondary N) is 1. The number of aliphatic hydroxyl groups excluding tert-OH is 1. The first kappa shape index (κ1) is 16.1. The lowest BCUT2D eigenvalue weighted by Crippen LogP contribution is -2.35. The van der Waals surface area contributed by atoms with Gasteiger partial charge in [-0.1, -0.05) is 26.8 Å². The van der Waals surface area contributed by atoms with Crippen molar-refractivity contribution in [2.24, 2.45) is 5.41 Å². The molecule has 2 aromatic heterocycles. The summed E-state index contributed by atoms with van der Waals surface area (Å²) in [4.78, 5) is 8.90. The van der Waals surface area contributed by atoms with Gasteiger partial charge in [0.25, 0.3) is 0 Å². The maximum Gasteiger partial charge on any atom is 0.142 e. The predicted octanol–water partition coefficient (Wildman–Crippen LogP) is 3.09. The Hall–Kier alpha value is -1.30. The molecule has 2 N–H and O–H groups in total. The Morgan fingerprint density at radius 2 is 2.14 bits per heavy atom. The molecular weight excluding hydrogens is 282 g/mol. The van der Waals surface area contributed by atoms with Gasteiger partial charge in [-0.05, 0) is 24.0 Å². The lowest BCUT2D eigenvalue weighted by atomic mass is 9.88. The van der Waals surface area contributed by atoms with Crippen LogP contribution in [-0.2, 0) is 6.54 Å². The van der Waals surface area contributed by atoms with Crippen LogP contribution in [0.5, 0.6) is 0 Å². The monoisotopic (exact) mass is 305 g/mol. The zero-order chi connectivity index (χ0) is 15.3. The summed E-state index contributed by atoms with van der Waals surface area (Å²) in [5.74, 6) is 0. The molecule has 0 radical (unpaired) electrons. The SMILES string of the molecule is CC(C)(C)CC(CO)NCc1csc(-c2ccccn2)n1. The first-order valence-electron chi connectivity index (χ1n) is 7.18. The van der Waals surface area contributed by atoms with Crippen molar-refractivity contribution in [2.75, 3.05) is 6.61 Å². The van der Waals surface area contributed by atoms with Crippen LogP contribution < -0.4 is 5.32 Å². The number of hydrogen-bond acceptors (Lipinski definition) is 5. The van der Waals surface area contributed by atoms with Gasteiger partial charge >= 0.3 is 0 Å². The van der Waals surface area contributed by atoms with Crippen molar-refractivity contribution in [3.05, 3.63) is 35.5 Å². The molecule has 0 spiro atoms. The molecule has 1 unspecified atom stereocenters. The summed E-state index contributed by atoms with van der Waals surface area (Å²) in [5, 5.41) is 15.8. The molecule has 0 aliphatic carbocycles. The van der Waals surface area contributed by atoms with Gasteiger partial charge in [0.15, 0.2) is 0 Å². The predicted molar refractivity (Wildman–Crippen MR) is 87.1 cm³/mol. The van der Waals surface area contributed by atoms with E-state index in [9.17, 15) is 5.11 Å². The molecule has 1 atom stereocenters. The average molecular weight is 305 g/mol. The van der Waals surface area contributed by atoms with E-state index in [1.807, 2.05) is 23.6 Å². The average Bonchev–Trinajstić information content (AvgIpc) is 2.92. The summed E-state index contributed by atoms with van der Waals surface area (Å²) in [6.45, 7) is 7.36. The van der Waals surface area contributed by atoms with Crippen LogP contribution in [0, 0.1) is 5.41 Å². The molecule has 2 heterocycles. The van der Waals surface area contributed by atoms with Crippen LogP contribution in [0.4, 0.5) is 0 Å². The highest BCUT2D eigenvalue weighted by Gasteiger charge is 2.18. The van der Waals surface area contributed by atoms with E-state index in [0.717, 1.165) is 22.8 Å². The topological polar surface area (TPSA) is 58.0 Å². The minimum atomic E-state index is 0.102. The maximum atomic E-state index is 9.46. The zero-order valence-corrected chi connectivity index (χ0v) is 13.7. The fourth-order valence-corrected chi connectivity index (χ4v) is 2.98. The summed E-state index contributed by atoms with van der Waals surface area (Å²) in [6, 6.07) is 5.93. The second-order valence-electron chi connectivity index (χ2n) is 6.38. The fourth-order valence-electron chi connectivity index (χ4n) is 2.18. The van der Waals surface area contributed by atoms with Crippen LogP contribution in [0.25, 0.3) is 10.7 Å². The third kappa shape index (κ3) is 5.19. The lowest BCUT2D eigenvalue weighted by molar-refractivity contribution is 0.197. The number of nitrogens with zero attached hydrogens (tertiary/aromatic N) is 2. The summed E-state index contributed by atoms with van der Waals surface area (Å²) >= 11 is 1.60. The number of thiazole rings is 1. The molecule has 0 fully saturated rings. The largest absolute Gasteiger partial charge is 0.395 e. The standard InChI is InChI=1S/C16H23N3OS/c1-16(2,3)8-12(10-20)18-9-13-11-21-15(19-13)14-6-4-5-7-17-14/h4-7,11-12,18,20H,8-10H2,1-3H3. The summed E-state index contributed by atoms with van der Waals surface area (Å²) in [6.07, 6.45) is 2.71. The zero-order valence-electron chi connectivity index (χ0n) is 12.8. The second kappa shape index (κ2) is 7.11. The Morgan fingerprint density at radius 1 is 1.33 bits per heavy atom. The summed E-state index contributed by atoms with van der Waals surface area (Å²) in [5.41, 5.74) is 2.09.